The van der Waals surface area contributed by atoms with Gasteiger partial charge in [-0.15, -0.1) is 0 Å². The molecule has 0 aliphatic rings. The van der Waals surface area contributed by atoms with Gasteiger partial charge in [-0.3, -0.25) is 0 Å². The van der Waals surface area contributed by atoms with E-state index < -0.39 is 0 Å². The number of hydrogen-bond acceptors (Lipinski definition) is 3. The van der Waals surface area contributed by atoms with E-state index in [1.165, 1.54) is 23.3 Å². The highest BCUT2D eigenvalue weighted by Gasteiger charge is 2.24. The molecular formula is C27H25FIN3. The van der Waals surface area contributed by atoms with E-state index in [1.807, 2.05) is 18.2 Å². The molecule has 1 N–H and O–H groups in total. The topological polar surface area (TPSA) is 59.6 Å². The van der Waals surface area contributed by atoms with Crippen molar-refractivity contribution in [1.29, 1.82) is 10.5 Å². The van der Waals surface area contributed by atoms with Gasteiger partial charge in [0.25, 0.3) is 0 Å². The number of nitriles is 2. The lowest BCUT2D eigenvalue weighted by molar-refractivity contribution is 0.400. The molecule has 0 aliphatic carbocycles. The van der Waals surface area contributed by atoms with Gasteiger partial charge < -0.3 is 5.32 Å². The van der Waals surface area contributed by atoms with E-state index in [4.69, 9.17) is 0 Å². The number of halogens is 2. The SMILES string of the molecule is C[C@H](NC(CC#N)c1ccc(F)cc1)[C@@H](Cc1ccc(CI)cc1)c1cccc(C#N)c1. The second-order valence-corrected chi connectivity index (χ2v) is 8.68. The van der Waals surface area contributed by atoms with Crippen LogP contribution < -0.4 is 5.32 Å². The third kappa shape index (κ3) is 6.38. The number of nitrogens with one attached hydrogen (secondary N) is 1. The van der Waals surface area contributed by atoms with Gasteiger partial charge in [-0.2, -0.15) is 10.5 Å². The monoisotopic (exact) mass is 537 g/mol. The Labute approximate surface area is 203 Å². The molecule has 162 valence electrons. The van der Waals surface area contributed by atoms with Crippen molar-refractivity contribution >= 4 is 22.6 Å². The normalized spacial score (nSPS) is 13.5. The van der Waals surface area contributed by atoms with Crippen LogP contribution in [0.15, 0.2) is 72.8 Å². The lowest BCUT2D eigenvalue weighted by atomic mass is 9.85. The standard InChI is InChI=1S/C27H25FIN3/c1-19(32-27(13-14-30)23-9-11-25(28)12-10-23)26(24-4-2-3-22(15-24)18-31)16-20-5-7-21(17-29)8-6-20/h2-12,15,19,26-27,32H,13,16-17H2,1H3/t19-,26+,27?/m0/s1. The van der Waals surface area contributed by atoms with Crippen LogP contribution >= 0.6 is 22.6 Å². The fraction of sp³-hybridized carbons (Fsp3) is 0.259. The molecule has 0 amide bonds. The van der Waals surface area contributed by atoms with Crippen LogP contribution in [0.5, 0.6) is 0 Å². The van der Waals surface area contributed by atoms with E-state index in [0.717, 1.165) is 22.0 Å². The van der Waals surface area contributed by atoms with Gasteiger partial charge in [-0.05, 0) is 59.9 Å². The van der Waals surface area contributed by atoms with Gasteiger partial charge >= 0.3 is 0 Å². The zero-order valence-electron chi connectivity index (χ0n) is 17.9. The van der Waals surface area contributed by atoms with Crippen molar-refractivity contribution in [2.24, 2.45) is 0 Å². The summed E-state index contributed by atoms with van der Waals surface area (Å²) >= 11 is 2.36. The van der Waals surface area contributed by atoms with Crippen LogP contribution in [0.3, 0.4) is 0 Å². The number of rotatable bonds is 9. The second kappa shape index (κ2) is 11.8. The molecule has 0 radical (unpaired) electrons. The minimum Gasteiger partial charge on any atom is -0.306 e. The van der Waals surface area contributed by atoms with E-state index in [-0.39, 0.29) is 30.2 Å². The van der Waals surface area contributed by atoms with Crippen LogP contribution in [0.2, 0.25) is 0 Å². The summed E-state index contributed by atoms with van der Waals surface area (Å²) in [6, 6.07) is 26.9. The Morgan fingerprint density at radius 1 is 0.938 bits per heavy atom. The molecule has 0 aromatic heterocycles. The predicted molar refractivity (Wildman–Crippen MR) is 134 cm³/mol. The molecular weight excluding hydrogens is 512 g/mol. The van der Waals surface area contributed by atoms with Crippen molar-refractivity contribution in [3.63, 3.8) is 0 Å². The van der Waals surface area contributed by atoms with E-state index in [2.05, 4.69) is 77.3 Å². The molecule has 0 saturated heterocycles. The molecule has 0 saturated carbocycles. The maximum absolute atomic E-state index is 13.4. The molecule has 0 bridgehead atoms. The highest BCUT2D eigenvalue weighted by molar-refractivity contribution is 14.1. The molecule has 3 nitrogen and oxygen atoms in total. The lowest BCUT2D eigenvalue weighted by Crippen LogP contribution is -2.36. The largest absolute Gasteiger partial charge is 0.306 e. The Morgan fingerprint density at radius 3 is 2.25 bits per heavy atom. The molecule has 0 fully saturated rings. The smallest absolute Gasteiger partial charge is 0.123 e. The predicted octanol–water partition coefficient (Wildman–Crippen LogP) is 6.59. The summed E-state index contributed by atoms with van der Waals surface area (Å²) in [5.41, 5.74) is 5.10. The first-order chi connectivity index (χ1) is 15.5. The third-order valence-electron chi connectivity index (χ3n) is 5.71. The number of hydrogen-bond donors (Lipinski definition) is 1. The molecule has 3 aromatic carbocycles. The van der Waals surface area contributed by atoms with Crippen LogP contribution in [-0.4, -0.2) is 6.04 Å². The molecule has 5 heteroatoms. The molecule has 3 aromatic rings. The Balaban J connectivity index is 1.90. The van der Waals surface area contributed by atoms with Gasteiger partial charge in [0.05, 0.1) is 24.1 Å². The van der Waals surface area contributed by atoms with Gasteiger partial charge in [0.15, 0.2) is 0 Å². The minimum atomic E-state index is -0.293. The Kier molecular flexibility index (Phi) is 8.79. The zero-order chi connectivity index (χ0) is 22.9. The molecule has 0 heterocycles. The van der Waals surface area contributed by atoms with Crippen molar-refractivity contribution in [3.05, 3.63) is 106 Å². The summed E-state index contributed by atoms with van der Waals surface area (Å²) in [6.45, 7) is 2.11. The Morgan fingerprint density at radius 2 is 1.62 bits per heavy atom. The molecule has 3 rings (SSSR count). The van der Waals surface area contributed by atoms with Crippen molar-refractivity contribution in [1.82, 2.24) is 5.32 Å². The van der Waals surface area contributed by atoms with Crippen molar-refractivity contribution in [3.8, 4) is 12.1 Å². The fourth-order valence-corrected chi connectivity index (χ4v) is 4.44. The quantitative estimate of drug-likeness (QED) is 0.248. The average Bonchev–Trinajstić information content (AvgIpc) is 2.83. The van der Waals surface area contributed by atoms with Crippen LogP contribution in [0.1, 0.15) is 53.1 Å². The molecule has 3 atom stereocenters. The van der Waals surface area contributed by atoms with Crippen LogP contribution in [0, 0.1) is 28.5 Å². The Hall–Kier alpha value is -2.74. The van der Waals surface area contributed by atoms with Crippen molar-refractivity contribution in [2.75, 3.05) is 0 Å². The lowest BCUT2D eigenvalue weighted by Gasteiger charge is -2.30. The van der Waals surface area contributed by atoms with Gasteiger partial charge in [0.2, 0.25) is 0 Å². The summed E-state index contributed by atoms with van der Waals surface area (Å²) in [5.74, 6) is -0.200. The summed E-state index contributed by atoms with van der Waals surface area (Å²) in [7, 11) is 0. The fourth-order valence-electron chi connectivity index (χ4n) is 3.93. The molecule has 0 spiro atoms. The van der Waals surface area contributed by atoms with Gasteiger partial charge in [-0.25, -0.2) is 4.39 Å². The van der Waals surface area contributed by atoms with Crippen molar-refractivity contribution in [2.45, 2.75) is 42.2 Å². The average molecular weight is 537 g/mol. The van der Waals surface area contributed by atoms with Crippen molar-refractivity contribution < 1.29 is 4.39 Å². The van der Waals surface area contributed by atoms with E-state index in [9.17, 15) is 14.9 Å². The first-order valence-corrected chi connectivity index (χ1v) is 12.1. The zero-order valence-corrected chi connectivity index (χ0v) is 20.1. The first kappa shape index (κ1) is 23.9. The van der Waals surface area contributed by atoms with Crippen LogP contribution in [-0.2, 0) is 10.8 Å². The minimum absolute atomic E-state index is 0.0107. The van der Waals surface area contributed by atoms with E-state index >= 15 is 0 Å². The van der Waals surface area contributed by atoms with Gasteiger partial charge in [0.1, 0.15) is 5.82 Å². The number of benzene rings is 3. The molecule has 0 aliphatic heterocycles. The third-order valence-corrected chi connectivity index (χ3v) is 6.59. The number of alkyl halides is 1. The van der Waals surface area contributed by atoms with Crippen LogP contribution in [0.25, 0.3) is 0 Å². The highest BCUT2D eigenvalue weighted by atomic mass is 127. The maximum atomic E-state index is 13.4. The summed E-state index contributed by atoms with van der Waals surface area (Å²) in [5, 5.41) is 22.4. The van der Waals surface area contributed by atoms with Crippen LogP contribution in [0.4, 0.5) is 4.39 Å². The van der Waals surface area contributed by atoms with E-state index in [1.54, 1.807) is 12.1 Å². The second-order valence-electron chi connectivity index (χ2n) is 7.92. The first-order valence-electron chi connectivity index (χ1n) is 10.6. The molecule has 32 heavy (non-hydrogen) atoms. The number of nitrogens with zero attached hydrogens (tertiary/aromatic N) is 2. The molecule has 1 unspecified atom stereocenters. The Bertz CT molecular complexity index is 1100. The van der Waals surface area contributed by atoms with Gasteiger partial charge in [-0.1, -0.05) is 71.1 Å². The van der Waals surface area contributed by atoms with Gasteiger partial charge in [0, 0.05) is 22.4 Å². The maximum Gasteiger partial charge on any atom is 0.123 e. The summed E-state index contributed by atoms with van der Waals surface area (Å²) < 4.78 is 14.4. The van der Waals surface area contributed by atoms with E-state index in [0.29, 0.717) is 5.56 Å². The summed E-state index contributed by atoms with van der Waals surface area (Å²) in [6.07, 6.45) is 1.08. The highest BCUT2D eigenvalue weighted by Crippen LogP contribution is 2.28. The summed E-state index contributed by atoms with van der Waals surface area (Å²) in [4.78, 5) is 0.